The first-order valence-corrected chi connectivity index (χ1v) is 10.7. The summed E-state index contributed by atoms with van der Waals surface area (Å²) in [4.78, 5) is 29.9. The third-order valence-electron chi connectivity index (χ3n) is 4.67. The van der Waals surface area contributed by atoms with E-state index in [0.717, 1.165) is 26.6 Å². The number of nitrogens with zero attached hydrogens (tertiary/aromatic N) is 3. The van der Waals surface area contributed by atoms with Gasteiger partial charge in [-0.2, -0.15) is 5.10 Å². The molecule has 0 aliphatic rings. The quantitative estimate of drug-likeness (QED) is 0.492. The Hall–Kier alpha value is -3.52. The van der Waals surface area contributed by atoms with Gasteiger partial charge in [0.2, 0.25) is 5.91 Å². The van der Waals surface area contributed by atoms with E-state index in [1.54, 1.807) is 24.3 Å². The van der Waals surface area contributed by atoms with E-state index >= 15 is 0 Å². The Morgan fingerprint density at radius 3 is 2.48 bits per heavy atom. The molecule has 0 aliphatic carbocycles. The highest BCUT2D eigenvalue weighted by atomic mass is 32.1. The van der Waals surface area contributed by atoms with Gasteiger partial charge in [0.25, 0.3) is 5.56 Å². The van der Waals surface area contributed by atoms with Gasteiger partial charge < -0.3 is 10.1 Å². The number of amides is 1. The van der Waals surface area contributed by atoms with E-state index < -0.39 is 0 Å². The summed E-state index contributed by atoms with van der Waals surface area (Å²) in [6, 6.07) is 15.0. The molecule has 0 spiro atoms. The Balaban J connectivity index is 1.65. The molecule has 4 aromatic rings. The SMILES string of the molecule is CCOc1ccc(NC(=O)Cn2nc(-c3ccc(C)cc3)c3sc(C)nc3c2=O)cc1. The van der Waals surface area contributed by atoms with Crippen molar-refractivity contribution >= 4 is 33.1 Å². The fourth-order valence-electron chi connectivity index (χ4n) is 3.21. The standard InChI is InChI=1S/C23H22N4O3S/c1-4-30-18-11-9-17(10-12-18)25-19(28)13-27-23(29)21-22(31-15(3)24-21)20(26-27)16-7-5-14(2)6-8-16/h5-12H,4,13H2,1-3H3,(H,25,28). The van der Waals surface area contributed by atoms with E-state index in [9.17, 15) is 9.59 Å². The minimum absolute atomic E-state index is 0.211. The smallest absolute Gasteiger partial charge is 0.294 e. The summed E-state index contributed by atoms with van der Waals surface area (Å²) in [5, 5.41) is 8.10. The van der Waals surface area contributed by atoms with Crippen molar-refractivity contribution in [3.8, 4) is 17.0 Å². The molecule has 4 rings (SSSR count). The Kier molecular flexibility index (Phi) is 5.81. The lowest BCUT2D eigenvalue weighted by Gasteiger charge is -2.10. The highest BCUT2D eigenvalue weighted by Crippen LogP contribution is 2.29. The van der Waals surface area contributed by atoms with Crippen LogP contribution in [0.25, 0.3) is 21.5 Å². The molecule has 0 bridgehead atoms. The van der Waals surface area contributed by atoms with Gasteiger partial charge in [0.1, 0.15) is 18.0 Å². The number of carbonyl (C=O) groups excluding carboxylic acids is 1. The molecule has 0 fully saturated rings. The topological polar surface area (TPSA) is 86.1 Å². The van der Waals surface area contributed by atoms with Crippen LogP contribution in [0.5, 0.6) is 5.75 Å². The molecule has 7 nitrogen and oxygen atoms in total. The molecule has 0 unspecified atom stereocenters. The minimum Gasteiger partial charge on any atom is -0.494 e. The normalized spacial score (nSPS) is 10.9. The number of benzene rings is 2. The highest BCUT2D eigenvalue weighted by molar-refractivity contribution is 7.19. The lowest BCUT2D eigenvalue weighted by molar-refractivity contribution is -0.117. The minimum atomic E-state index is -0.378. The molecule has 8 heteroatoms. The highest BCUT2D eigenvalue weighted by Gasteiger charge is 2.18. The third-order valence-corrected chi connectivity index (χ3v) is 5.65. The van der Waals surface area contributed by atoms with Gasteiger partial charge in [-0.15, -0.1) is 11.3 Å². The van der Waals surface area contributed by atoms with E-state index in [-0.39, 0.29) is 18.0 Å². The van der Waals surface area contributed by atoms with Crippen LogP contribution in [0.1, 0.15) is 17.5 Å². The summed E-state index contributed by atoms with van der Waals surface area (Å²) in [6.45, 7) is 6.13. The van der Waals surface area contributed by atoms with E-state index in [4.69, 9.17) is 4.74 Å². The first-order chi connectivity index (χ1) is 14.9. The summed E-state index contributed by atoms with van der Waals surface area (Å²) in [5.41, 5.74) is 3.22. The number of hydrogen-bond acceptors (Lipinski definition) is 6. The largest absolute Gasteiger partial charge is 0.494 e. The molecule has 0 radical (unpaired) electrons. The maximum absolute atomic E-state index is 12.9. The van der Waals surface area contributed by atoms with Crippen LogP contribution in [0, 0.1) is 13.8 Å². The molecule has 2 heterocycles. The van der Waals surface area contributed by atoms with Crippen molar-refractivity contribution in [3.05, 3.63) is 69.5 Å². The predicted octanol–water partition coefficient (Wildman–Crippen LogP) is 4.17. The number of aromatic nitrogens is 3. The Morgan fingerprint density at radius 1 is 1.10 bits per heavy atom. The van der Waals surface area contributed by atoms with Gasteiger partial charge in [-0.3, -0.25) is 9.59 Å². The van der Waals surface area contributed by atoms with Crippen molar-refractivity contribution in [2.45, 2.75) is 27.3 Å². The van der Waals surface area contributed by atoms with Crippen molar-refractivity contribution in [2.75, 3.05) is 11.9 Å². The van der Waals surface area contributed by atoms with Crippen LogP contribution in [-0.2, 0) is 11.3 Å². The average Bonchev–Trinajstić information content (AvgIpc) is 3.14. The average molecular weight is 435 g/mol. The number of ether oxygens (including phenoxy) is 1. The molecule has 0 aliphatic heterocycles. The number of carbonyl (C=O) groups is 1. The maximum Gasteiger partial charge on any atom is 0.294 e. The first kappa shape index (κ1) is 20.7. The zero-order chi connectivity index (χ0) is 22.0. The number of aryl methyl sites for hydroxylation is 2. The van der Waals surface area contributed by atoms with Crippen molar-refractivity contribution in [2.24, 2.45) is 0 Å². The molecule has 2 aromatic heterocycles. The Morgan fingerprint density at radius 2 is 1.81 bits per heavy atom. The molecule has 2 aromatic carbocycles. The summed E-state index contributed by atoms with van der Waals surface area (Å²) in [6.07, 6.45) is 0. The maximum atomic E-state index is 12.9. The second-order valence-corrected chi connectivity index (χ2v) is 8.30. The number of thiazole rings is 1. The van der Waals surface area contributed by atoms with E-state index in [1.807, 2.05) is 45.0 Å². The molecular formula is C23H22N4O3S. The summed E-state index contributed by atoms with van der Waals surface area (Å²) >= 11 is 1.43. The lowest BCUT2D eigenvalue weighted by Crippen LogP contribution is -2.30. The number of rotatable bonds is 6. The van der Waals surface area contributed by atoms with Crippen LogP contribution >= 0.6 is 11.3 Å². The molecular weight excluding hydrogens is 412 g/mol. The van der Waals surface area contributed by atoms with Crippen LogP contribution in [0.3, 0.4) is 0 Å². The van der Waals surface area contributed by atoms with Crippen LogP contribution < -0.4 is 15.6 Å². The van der Waals surface area contributed by atoms with Gasteiger partial charge in [-0.25, -0.2) is 9.67 Å². The number of hydrogen-bond donors (Lipinski definition) is 1. The zero-order valence-corrected chi connectivity index (χ0v) is 18.3. The third kappa shape index (κ3) is 4.49. The van der Waals surface area contributed by atoms with Crippen LogP contribution in [-0.4, -0.2) is 27.3 Å². The molecule has 0 atom stereocenters. The van der Waals surface area contributed by atoms with Crippen LogP contribution in [0.4, 0.5) is 5.69 Å². The zero-order valence-electron chi connectivity index (χ0n) is 17.5. The second kappa shape index (κ2) is 8.69. The monoisotopic (exact) mass is 434 g/mol. The van der Waals surface area contributed by atoms with Crippen molar-refractivity contribution in [3.63, 3.8) is 0 Å². The molecule has 31 heavy (non-hydrogen) atoms. The van der Waals surface area contributed by atoms with Crippen molar-refractivity contribution in [1.29, 1.82) is 0 Å². The second-order valence-electron chi connectivity index (χ2n) is 7.09. The van der Waals surface area contributed by atoms with Gasteiger partial charge in [-0.1, -0.05) is 29.8 Å². The van der Waals surface area contributed by atoms with E-state index in [2.05, 4.69) is 15.4 Å². The van der Waals surface area contributed by atoms with Crippen molar-refractivity contribution in [1.82, 2.24) is 14.8 Å². The molecule has 0 saturated carbocycles. The Bertz CT molecular complexity index is 1290. The van der Waals surface area contributed by atoms with Gasteiger partial charge >= 0.3 is 0 Å². The van der Waals surface area contributed by atoms with Crippen molar-refractivity contribution < 1.29 is 9.53 Å². The van der Waals surface area contributed by atoms with Gasteiger partial charge in [0.15, 0.2) is 5.52 Å². The lowest BCUT2D eigenvalue weighted by atomic mass is 10.1. The fraction of sp³-hybridized carbons (Fsp3) is 0.217. The molecule has 1 N–H and O–H groups in total. The number of anilines is 1. The summed E-state index contributed by atoms with van der Waals surface area (Å²) in [7, 11) is 0. The van der Waals surface area contributed by atoms with E-state index in [0.29, 0.717) is 23.5 Å². The molecule has 1 amide bonds. The molecule has 158 valence electrons. The van der Waals surface area contributed by atoms with Crippen LogP contribution in [0.2, 0.25) is 0 Å². The molecule has 0 saturated heterocycles. The van der Waals surface area contributed by atoms with Gasteiger partial charge in [0, 0.05) is 11.3 Å². The van der Waals surface area contributed by atoms with E-state index in [1.165, 1.54) is 16.0 Å². The Labute approximate surface area is 183 Å². The number of nitrogens with one attached hydrogen (secondary N) is 1. The summed E-state index contributed by atoms with van der Waals surface area (Å²) < 4.78 is 7.32. The number of fused-ring (bicyclic) bond motifs is 1. The summed E-state index contributed by atoms with van der Waals surface area (Å²) in [5.74, 6) is 0.380. The predicted molar refractivity (Wildman–Crippen MR) is 123 cm³/mol. The first-order valence-electron chi connectivity index (χ1n) is 9.92. The fourth-order valence-corrected chi connectivity index (χ4v) is 4.13. The van der Waals surface area contributed by atoms with Crippen LogP contribution in [0.15, 0.2) is 53.3 Å². The van der Waals surface area contributed by atoms with Gasteiger partial charge in [-0.05, 0) is 45.0 Å². The van der Waals surface area contributed by atoms with Gasteiger partial charge in [0.05, 0.1) is 16.3 Å².